The second-order valence-electron chi connectivity index (χ2n) is 6.42. The van der Waals surface area contributed by atoms with E-state index in [1.165, 1.54) is 11.3 Å². The van der Waals surface area contributed by atoms with Crippen LogP contribution in [0, 0.1) is 13.8 Å². The Labute approximate surface area is 170 Å². The molecule has 1 aromatic heterocycles. The Kier molecular flexibility index (Phi) is 7.80. The molecule has 27 heavy (non-hydrogen) atoms. The maximum Gasteiger partial charge on any atom is 0.191 e. The summed E-state index contributed by atoms with van der Waals surface area (Å²) in [6.45, 7) is 7.28. The van der Waals surface area contributed by atoms with Crippen molar-refractivity contribution in [2.24, 2.45) is 12.0 Å². The lowest BCUT2D eigenvalue weighted by atomic mass is 10.1. The van der Waals surface area contributed by atoms with Crippen LogP contribution in [0.3, 0.4) is 0 Å². The molecule has 148 valence electrons. The summed E-state index contributed by atoms with van der Waals surface area (Å²) in [5.74, 6) is 1.30. The summed E-state index contributed by atoms with van der Waals surface area (Å²) in [6, 6.07) is 5.54. The molecular formula is C19H27Cl2N5O. The Morgan fingerprint density at radius 2 is 2.07 bits per heavy atom. The van der Waals surface area contributed by atoms with Gasteiger partial charge in [0, 0.05) is 25.8 Å². The highest BCUT2D eigenvalue weighted by atomic mass is 35.5. The van der Waals surface area contributed by atoms with Crippen LogP contribution in [0.1, 0.15) is 23.9 Å². The standard InChI is InChI=1S/C19H27Cl2N5O/c1-12(11-15-13(2)25-26(5)14(15)3)24-19(22-4)23-9-10-27-17-8-6-7-16(20)18(17)21/h6-8,12H,9-11H2,1-5H3,(H2,22,23,24). The maximum atomic E-state index is 6.11. The Morgan fingerprint density at radius 3 is 2.70 bits per heavy atom. The zero-order valence-corrected chi connectivity index (χ0v) is 17.9. The van der Waals surface area contributed by atoms with Gasteiger partial charge in [-0.15, -0.1) is 0 Å². The van der Waals surface area contributed by atoms with E-state index in [-0.39, 0.29) is 6.04 Å². The molecule has 1 aromatic carbocycles. The normalized spacial score (nSPS) is 12.8. The number of nitrogens with zero attached hydrogens (tertiary/aromatic N) is 3. The van der Waals surface area contributed by atoms with E-state index in [0.29, 0.717) is 28.9 Å². The summed E-state index contributed by atoms with van der Waals surface area (Å²) >= 11 is 12.1. The summed E-state index contributed by atoms with van der Waals surface area (Å²) in [5.41, 5.74) is 3.53. The number of benzene rings is 1. The minimum atomic E-state index is 0.209. The fourth-order valence-corrected chi connectivity index (χ4v) is 3.17. The van der Waals surface area contributed by atoms with Crippen molar-refractivity contribution in [1.82, 2.24) is 20.4 Å². The van der Waals surface area contributed by atoms with Crippen LogP contribution in [0.15, 0.2) is 23.2 Å². The predicted molar refractivity (Wildman–Crippen MR) is 112 cm³/mol. The van der Waals surface area contributed by atoms with Crippen molar-refractivity contribution < 1.29 is 4.74 Å². The average Bonchev–Trinajstić information content (AvgIpc) is 2.87. The van der Waals surface area contributed by atoms with Gasteiger partial charge in [0.15, 0.2) is 5.96 Å². The second-order valence-corrected chi connectivity index (χ2v) is 7.21. The van der Waals surface area contributed by atoms with Gasteiger partial charge in [0.05, 0.1) is 17.3 Å². The molecule has 1 atom stereocenters. The van der Waals surface area contributed by atoms with E-state index in [9.17, 15) is 0 Å². The molecule has 0 aliphatic carbocycles. The van der Waals surface area contributed by atoms with E-state index >= 15 is 0 Å². The average molecular weight is 412 g/mol. The monoisotopic (exact) mass is 411 g/mol. The number of halogens is 2. The summed E-state index contributed by atoms with van der Waals surface area (Å²) in [7, 11) is 3.72. The number of hydrogen-bond donors (Lipinski definition) is 2. The van der Waals surface area contributed by atoms with Crippen LogP contribution in [-0.2, 0) is 13.5 Å². The van der Waals surface area contributed by atoms with Crippen LogP contribution < -0.4 is 15.4 Å². The van der Waals surface area contributed by atoms with Gasteiger partial charge in [0.25, 0.3) is 0 Å². The largest absolute Gasteiger partial charge is 0.490 e. The number of aromatic nitrogens is 2. The van der Waals surface area contributed by atoms with E-state index in [1.807, 2.05) is 24.7 Å². The molecule has 0 aliphatic rings. The summed E-state index contributed by atoms with van der Waals surface area (Å²) in [5, 5.41) is 12.0. The fraction of sp³-hybridized carbons (Fsp3) is 0.474. The number of aliphatic imine (C=N–C) groups is 1. The minimum Gasteiger partial charge on any atom is -0.490 e. The summed E-state index contributed by atoms with van der Waals surface area (Å²) in [6.07, 6.45) is 0.876. The highest BCUT2D eigenvalue weighted by Gasteiger charge is 2.14. The van der Waals surface area contributed by atoms with Crippen LogP contribution in [0.2, 0.25) is 10.0 Å². The molecule has 0 bridgehead atoms. The number of rotatable bonds is 7. The fourth-order valence-electron chi connectivity index (χ4n) is 2.82. The quantitative estimate of drug-likeness (QED) is 0.415. The lowest BCUT2D eigenvalue weighted by Gasteiger charge is -2.18. The molecule has 6 nitrogen and oxygen atoms in total. The lowest BCUT2D eigenvalue weighted by molar-refractivity contribution is 0.322. The molecule has 1 heterocycles. The third kappa shape index (κ3) is 5.78. The molecule has 0 radical (unpaired) electrons. The van der Waals surface area contributed by atoms with E-state index in [1.54, 1.807) is 19.2 Å². The first kappa shape index (κ1) is 21.4. The Morgan fingerprint density at radius 1 is 1.33 bits per heavy atom. The maximum absolute atomic E-state index is 6.11. The van der Waals surface area contributed by atoms with Gasteiger partial charge in [-0.1, -0.05) is 29.3 Å². The van der Waals surface area contributed by atoms with Crippen LogP contribution >= 0.6 is 23.2 Å². The van der Waals surface area contributed by atoms with E-state index in [4.69, 9.17) is 27.9 Å². The van der Waals surface area contributed by atoms with Gasteiger partial charge in [-0.05, 0) is 44.9 Å². The van der Waals surface area contributed by atoms with Gasteiger partial charge < -0.3 is 15.4 Å². The Balaban J connectivity index is 1.80. The predicted octanol–water partition coefficient (Wildman–Crippen LogP) is 3.52. The Hall–Kier alpha value is -1.92. The van der Waals surface area contributed by atoms with Crippen molar-refractivity contribution in [2.45, 2.75) is 33.2 Å². The first-order chi connectivity index (χ1) is 12.8. The van der Waals surface area contributed by atoms with E-state index < -0.39 is 0 Å². The molecule has 2 N–H and O–H groups in total. The molecule has 8 heteroatoms. The number of aryl methyl sites for hydroxylation is 2. The minimum absolute atomic E-state index is 0.209. The van der Waals surface area contributed by atoms with Crippen LogP contribution in [0.25, 0.3) is 0 Å². The zero-order valence-electron chi connectivity index (χ0n) is 16.4. The van der Waals surface area contributed by atoms with Crippen LogP contribution in [-0.4, -0.2) is 42.0 Å². The number of ether oxygens (including phenoxy) is 1. The Bertz CT molecular complexity index is 804. The van der Waals surface area contributed by atoms with E-state index in [2.05, 4.69) is 34.6 Å². The molecule has 0 spiro atoms. The van der Waals surface area contributed by atoms with Gasteiger partial charge in [0.2, 0.25) is 0 Å². The number of hydrogen-bond acceptors (Lipinski definition) is 3. The summed E-state index contributed by atoms with van der Waals surface area (Å²) in [4.78, 5) is 4.27. The molecule has 2 aromatic rings. The topological polar surface area (TPSA) is 63.5 Å². The SMILES string of the molecule is CN=C(NCCOc1cccc(Cl)c1Cl)NC(C)Cc1c(C)nn(C)c1C. The van der Waals surface area contributed by atoms with Crippen molar-refractivity contribution >= 4 is 29.2 Å². The van der Waals surface area contributed by atoms with Crippen LogP contribution in [0.5, 0.6) is 5.75 Å². The highest BCUT2D eigenvalue weighted by Crippen LogP contribution is 2.31. The molecule has 0 saturated carbocycles. The third-order valence-electron chi connectivity index (χ3n) is 4.34. The molecule has 2 rings (SSSR count). The molecule has 0 fully saturated rings. The molecule has 1 unspecified atom stereocenters. The third-order valence-corrected chi connectivity index (χ3v) is 5.15. The van der Waals surface area contributed by atoms with Gasteiger partial charge >= 0.3 is 0 Å². The smallest absolute Gasteiger partial charge is 0.191 e. The van der Waals surface area contributed by atoms with Crippen molar-refractivity contribution in [1.29, 1.82) is 0 Å². The van der Waals surface area contributed by atoms with Gasteiger partial charge in [-0.2, -0.15) is 5.10 Å². The number of nitrogens with one attached hydrogen (secondary N) is 2. The first-order valence-electron chi connectivity index (χ1n) is 8.86. The number of guanidine groups is 1. The van der Waals surface area contributed by atoms with Gasteiger partial charge in [-0.25, -0.2) is 0 Å². The second kappa shape index (κ2) is 9.85. The van der Waals surface area contributed by atoms with Crippen molar-refractivity contribution in [3.05, 3.63) is 45.2 Å². The van der Waals surface area contributed by atoms with Gasteiger partial charge in [0.1, 0.15) is 17.4 Å². The molecular weight excluding hydrogens is 385 g/mol. The zero-order chi connectivity index (χ0) is 20.0. The van der Waals surface area contributed by atoms with E-state index in [0.717, 1.165) is 18.1 Å². The van der Waals surface area contributed by atoms with Crippen molar-refractivity contribution in [3.63, 3.8) is 0 Å². The van der Waals surface area contributed by atoms with Gasteiger partial charge in [-0.3, -0.25) is 9.67 Å². The molecule has 0 aliphatic heterocycles. The van der Waals surface area contributed by atoms with Crippen molar-refractivity contribution in [3.8, 4) is 5.75 Å². The van der Waals surface area contributed by atoms with Crippen LogP contribution in [0.4, 0.5) is 0 Å². The molecule has 0 saturated heterocycles. The summed E-state index contributed by atoms with van der Waals surface area (Å²) < 4.78 is 7.59. The first-order valence-corrected chi connectivity index (χ1v) is 9.62. The lowest BCUT2D eigenvalue weighted by Crippen LogP contribution is -2.44. The van der Waals surface area contributed by atoms with Crippen molar-refractivity contribution in [2.75, 3.05) is 20.2 Å². The molecule has 0 amide bonds. The highest BCUT2D eigenvalue weighted by molar-refractivity contribution is 6.42.